The molecule has 1 nitrogen and oxygen atoms in total. The molecule has 0 bridgehead atoms. The highest BCUT2D eigenvalue weighted by Gasteiger charge is 2.47. The van der Waals surface area contributed by atoms with E-state index >= 15 is 0 Å². The van der Waals surface area contributed by atoms with E-state index in [1.165, 1.54) is 83.5 Å². The molecule has 1 unspecified atom stereocenters. The molecule has 302 valence electrons. The first-order chi connectivity index (χ1) is 31.6. The van der Waals surface area contributed by atoms with Crippen LogP contribution >= 0.6 is 0 Å². The van der Waals surface area contributed by atoms with Gasteiger partial charge in [-0.25, -0.2) is 0 Å². The Labute approximate surface area is 376 Å². The van der Waals surface area contributed by atoms with Gasteiger partial charge < -0.3 is 4.90 Å². The highest BCUT2D eigenvalue weighted by atomic mass is 15.1. The fourth-order valence-electron chi connectivity index (χ4n) is 11.1. The van der Waals surface area contributed by atoms with E-state index in [9.17, 15) is 0 Å². The fraction of sp³-hybridized carbons (Fsp3) is 0.0476. The first-order valence-corrected chi connectivity index (χ1v) is 22.3. The number of anilines is 3. The van der Waals surface area contributed by atoms with Crippen LogP contribution in [-0.4, -0.2) is 0 Å². The first kappa shape index (κ1) is 37.7. The molecule has 0 N–H and O–H groups in total. The van der Waals surface area contributed by atoms with Gasteiger partial charge in [0.25, 0.3) is 0 Å². The largest absolute Gasteiger partial charge is 0.310 e. The molecule has 0 spiro atoms. The van der Waals surface area contributed by atoms with E-state index in [-0.39, 0.29) is 0 Å². The second kappa shape index (κ2) is 15.1. The van der Waals surface area contributed by atoms with E-state index in [1.807, 2.05) is 0 Å². The molecule has 0 saturated carbocycles. The minimum absolute atomic E-state index is 0.398. The zero-order valence-electron chi connectivity index (χ0n) is 35.7. The van der Waals surface area contributed by atoms with E-state index in [1.54, 1.807) is 0 Å². The summed E-state index contributed by atoms with van der Waals surface area (Å²) in [5.74, 6) is 0. The molecule has 0 amide bonds. The van der Waals surface area contributed by atoms with Crippen molar-refractivity contribution in [3.8, 4) is 44.5 Å². The quantitative estimate of drug-likeness (QED) is 0.148. The van der Waals surface area contributed by atoms with Gasteiger partial charge in [0.1, 0.15) is 0 Å². The van der Waals surface area contributed by atoms with E-state index in [0.29, 0.717) is 0 Å². The molecule has 10 aromatic carbocycles. The molecule has 0 fully saturated rings. The van der Waals surface area contributed by atoms with Crippen LogP contribution in [0, 0.1) is 0 Å². The normalized spacial score (nSPS) is 15.1. The van der Waals surface area contributed by atoms with Crippen molar-refractivity contribution >= 4 is 17.1 Å². The summed E-state index contributed by atoms with van der Waals surface area (Å²) in [4.78, 5) is 2.48. The minimum Gasteiger partial charge on any atom is -0.310 e. The molecule has 1 heteroatoms. The van der Waals surface area contributed by atoms with Gasteiger partial charge in [-0.2, -0.15) is 0 Å². The van der Waals surface area contributed by atoms with Gasteiger partial charge in [0.2, 0.25) is 0 Å². The molecule has 0 saturated heterocycles. The lowest BCUT2D eigenvalue weighted by molar-refractivity contribution is 0.714. The topological polar surface area (TPSA) is 3.24 Å². The predicted octanol–water partition coefficient (Wildman–Crippen LogP) is 16.2. The average molecular weight is 816 g/mol. The van der Waals surface area contributed by atoms with Crippen LogP contribution in [0.25, 0.3) is 44.5 Å². The Morgan fingerprint density at radius 3 is 1.34 bits per heavy atom. The third kappa shape index (κ3) is 5.71. The van der Waals surface area contributed by atoms with Crippen LogP contribution in [0.5, 0.6) is 0 Å². The molecule has 12 rings (SSSR count). The van der Waals surface area contributed by atoms with Crippen molar-refractivity contribution in [3.05, 3.63) is 294 Å². The van der Waals surface area contributed by atoms with Crippen molar-refractivity contribution in [2.24, 2.45) is 0 Å². The lowest BCUT2D eigenvalue weighted by Crippen LogP contribution is -2.28. The van der Waals surface area contributed by atoms with Crippen molar-refractivity contribution in [1.29, 1.82) is 0 Å². The maximum absolute atomic E-state index is 2.48. The monoisotopic (exact) mass is 815 g/mol. The Morgan fingerprint density at radius 2 is 0.719 bits per heavy atom. The van der Waals surface area contributed by atoms with E-state index in [2.05, 4.69) is 267 Å². The second-order valence-corrected chi connectivity index (χ2v) is 17.3. The zero-order chi connectivity index (χ0) is 42.7. The second-order valence-electron chi connectivity index (χ2n) is 17.3. The van der Waals surface area contributed by atoms with Gasteiger partial charge in [-0.15, -0.1) is 0 Å². The third-order valence-corrected chi connectivity index (χ3v) is 14.0. The highest BCUT2D eigenvalue weighted by molar-refractivity contribution is 5.96. The maximum Gasteiger partial charge on any atom is 0.0714 e. The number of fused-ring (bicyclic) bond motifs is 6. The van der Waals surface area contributed by atoms with Gasteiger partial charge in [-0.3, -0.25) is 0 Å². The van der Waals surface area contributed by atoms with E-state index in [0.717, 1.165) is 17.1 Å². The van der Waals surface area contributed by atoms with E-state index < -0.39 is 10.8 Å². The van der Waals surface area contributed by atoms with Gasteiger partial charge in [-0.1, -0.05) is 218 Å². The lowest BCUT2D eigenvalue weighted by atomic mass is 9.67. The average Bonchev–Trinajstić information content (AvgIpc) is 3.82. The van der Waals surface area contributed by atoms with Gasteiger partial charge >= 0.3 is 0 Å². The summed E-state index contributed by atoms with van der Waals surface area (Å²) in [6, 6.07) is 94.2. The molecule has 2 aliphatic carbocycles. The van der Waals surface area contributed by atoms with Crippen LogP contribution < -0.4 is 4.90 Å². The molecular weight excluding hydrogens is 771 g/mol. The SMILES string of the molecule is CC1(c2ccccc2)c2cc(N(c3ccc(-c4ccccc4)cc3)c3ccc4c(c3)C(c3ccccc3)(c3ccccc3)c3ccccc3-4)ccc2-c2c(-c3ccccc3)cccc21. The number of nitrogens with zero attached hydrogens (tertiary/aromatic N) is 1. The summed E-state index contributed by atoms with van der Waals surface area (Å²) in [7, 11) is 0. The Balaban J connectivity index is 1.11. The standard InChI is InChI=1S/C63H45N/c1-62(47-24-11-4-12-25-47)58-33-19-31-53(46-22-9-3-10-23-46)61(58)56-41-39-51(42-59(56)62)64(50-36-34-45(35-37-50)44-20-7-2-8-21-44)52-38-40-55-54-30-17-18-32-57(54)63(60(55)43-52,48-26-13-5-14-27-48)49-28-15-6-16-29-49/h2-43H,1H3. The Morgan fingerprint density at radius 1 is 0.281 bits per heavy atom. The molecule has 1 atom stereocenters. The number of benzene rings is 10. The van der Waals surface area contributed by atoms with Crippen molar-refractivity contribution < 1.29 is 0 Å². The molecule has 10 aromatic rings. The third-order valence-electron chi connectivity index (χ3n) is 14.0. The Kier molecular flexibility index (Phi) is 8.91. The van der Waals surface area contributed by atoms with Crippen LogP contribution in [0.2, 0.25) is 0 Å². The fourth-order valence-corrected chi connectivity index (χ4v) is 11.1. The van der Waals surface area contributed by atoms with Crippen molar-refractivity contribution in [1.82, 2.24) is 0 Å². The van der Waals surface area contributed by atoms with Crippen LogP contribution in [0.15, 0.2) is 255 Å². The maximum atomic E-state index is 2.48. The molecule has 0 radical (unpaired) electrons. The van der Waals surface area contributed by atoms with Crippen LogP contribution in [0.4, 0.5) is 17.1 Å². The smallest absolute Gasteiger partial charge is 0.0714 e. The van der Waals surface area contributed by atoms with Gasteiger partial charge in [0, 0.05) is 22.5 Å². The van der Waals surface area contributed by atoms with Gasteiger partial charge in [-0.05, 0) is 127 Å². The predicted molar refractivity (Wildman–Crippen MR) is 267 cm³/mol. The van der Waals surface area contributed by atoms with Crippen molar-refractivity contribution in [2.45, 2.75) is 17.8 Å². The van der Waals surface area contributed by atoms with Crippen LogP contribution in [0.1, 0.15) is 45.9 Å². The van der Waals surface area contributed by atoms with Crippen LogP contribution in [-0.2, 0) is 10.8 Å². The zero-order valence-corrected chi connectivity index (χ0v) is 35.7. The molecule has 0 aromatic heterocycles. The van der Waals surface area contributed by atoms with E-state index in [4.69, 9.17) is 0 Å². The van der Waals surface area contributed by atoms with Crippen molar-refractivity contribution in [3.63, 3.8) is 0 Å². The summed E-state index contributed by atoms with van der Waals surface area (Å²) >= 11 is 0. The van der Waals surface area contributed by atoms with Crippen molar-refractivity contribution in [2.75, 3.05) is 4.90 Å². The molecule has 0 aliphatic heterocycles. The number of hydrogen-bond donors (Lipinski definition) is 0. The molecule has 2 aliphatic rings. The summed E-state index contributed by atoms with van der Waals surface area (Å²) in [6.45, 7) is 2.42. The summed E-state index contributed by atoms with van der Waals surface area (Å²) in [5.41, 5.74) is 21.4. The lowest BCUT2D eigenvalue weighted by Gasteiger charge is -2.35. The summed E-state index contributed by atoms with van der Waals surface area (Å²) in [6.07, 6.45) is 0. The number of rotatable bonds is 8. The Hall–Kier alpha value is -8.00. The summed E-state index contributed by atoms with van der Waals surface area (Å²) in [5, 5.41) is 0. The molecular formula is C63H45N. The Bertz CT molecular complexity index is 3260. The summed E-state index contributed by atoms with van der Waals surface area (Å²) < 4.78 is 0. The number of hydrogen-bond acceptors (Lipinski definition) is 1. The molecule has 0 heterocycles. The minimum atomic E-state index is -0.521. The molecule has 64 heavy (non-hydrogen) atoms. The first-order valence-electron chi connectivity index (χ1n) is 22.3. The highest BCUT2D eigenvalue weighted by Crippen LogP contribution is 2.59. The van der Waals surface area contributed by atoms with Gasteiger partial charge in [0.05, 0.1) is 5.41 Å². The van der Waals surface area contributed by atoms with Gasteiger partial charge in [0.15, 0.2) is 0 Å². The van der Waals surface area contributed by atoms with Crippen LogP contribution in [0.3, 0.4) is 0 Å².